The lowest BCUT2D eigenvalue weighted by Crippen LogP contribution is -2.41. The van der Waals surface area contributed by atoms with Crippen molar-refractivity contribution < 1.29 is 4.79 Å². The predicted octanol–water partition coefficient (Wildman–Crippen LogP) is 3.31. The van der Waals surface area contributed by atoms with Gasteiger partial charge in [0.1, 0.15) is 11.1 Å². The zero-order chi connectivity index (χ0) is 16.3. The maximum absolute atomic E-state index is 12.6. The second kappa shape index (κ2) is 7.15. The molecule has 1 aliphatic heterocycles. The number of hydrogen-bond acceptors (Lipinski definition) is 4. The first-order valence-corrected chi connectivity index (χ1v) is 8.64. The molecule has 0 aromatic carbocycles. The first kappa shape index (κ1) is 16.8. The van der Waals surface area contributed by atoms with Gasteiger partial charge in [0, 0.05) is 18.8 Å². The molecule has 1 aromatic heterocycles. The SMILES string of the molecule is Cc1cc(C)c(C#N)c(S[C@@H](C)C(=O)N2CCC(C)CC2)n1. The van der Waals surface area contributed by atoms with E-state index in [0.717, 1.165) is 37.2 Å². The summed E-state index contributed by atoms with van der Waals surface area (Å²) in [5.41, 5.74) is 2.39. The maximum Gasteiger partial charge on any atom is 0.235 e. The first-order chi connectivity index (χ1) is 10.4. The minimum Gasteiger partial charge on any atom is -0.342 e. The number of hydrogen-bond donors (Lipinski definition) is 0. The molecule has 1 aromatic rings. The van der Waals surface area contributed by atoms with Gasteiger partial charge in [-0.05, 0) is 51.2 Å². The van der Waals surface area contributed by atoms with Gasteiger partial charge in [0.05, 0.1) is 10.8 Å². The standard InChI is InChI=1S/C17H23N3OS/c1-11-5-7-20(8-6-11)17(21)14(4)22-16-15(10-18)12(2)9-13(3)19-16/h9,11,14H,5-8H2,1-4H3/t14-/m0/s1. The summed E-state index contributed by atoms with van der Waals surface area (Å²) >= 11 is 1.40. The minimum absolute atomic E-state index is 0.154. The van der Waals surface area contributed by atoms with E-state index in [0.29, 0.717) is 16.5 Å². The van der Waals surface area contributed by atoms with Gasteiger partial charge in [-0.3, -0.25) is 4.79 Å². The van der Waals surface area contributed by atoms with E-state index in [4.69, 9.17) is 0 Å². The van der Waals surface area contributed by atoms with Crippen molar-refractivity contribution in [3.8, 4) is 6.07 Å². The van der Waals surface area contributed by atoms with Crippen molar-refractivity contribution in [2.24, 2.45) is 5.92 Å². The van der Waals surface area contributed by atoms with Crippen LogP contribution in [0, 0.1) is 31.1 Å². The van der Waals surface area contributed by atoms with E-state index in [2.05, 4.69) is 18.0 Å². The molecule has 22 heavy (non-hydrogen) atoms. The largest absolute Gasteiger partial charge is 0.342 e. The van der Waals surface area contributed by atoms with Gasteiger partial charge in [-0.25, -0.2) is 4.98 Å². The molecule has 4 nitrogen and oxygen atoms in total. The number of rotatable bonds is 3. The van der Waals surface area contributed by atoms with Crippen LogP contribution in [0.25, 0.3) is 0 Å². The van der Waals surface area contributed by atoms with Crippen LogP contribution in [0.3, 0.4) is 0 Å². The van der Waals surface area contributed by atoms with Gasteiger partial charge in [-0.15, -0.1) is 0 Å². The Morgan fingerprint density at radius 1 is 1.45 bits per heavy atom. The molecule has 1 aliphatic rings. The number of nitriles is 1. The topological polar surface area (TPSA) is 57.0 Å². The fourth-order valence-electron chi connectivity index (χ4n) is 2.73. The summed E-state index contributed by atoms with van der Waals surface area (Å²) in [6.07, 6.45) is 2.16. The van der Waals surface area contributed by atoms with Crippen molar-refractivity contribution in [3.05, 3.63) is 22.9 Å². The normalized spacial score (nSPS) is 17.1. The third-order valence-corrected chi connectivity index (χ3v) is 5.23. The Labute approximate surface area is 136 Å². The fraction of sp³-hybridized carbons (Fsp3) is 0.588. The highest BCUT2D eigenvalue weighted by Gasteiger charge is 2.26. The summed E-state index contributed by atoms with van der Waals surface area (Å²) < 4.78 is 0. The lowest BCUT2D eigenvalue weighted by molar-refractivity contribution is -0.131. The third kappa shape index (κ3) is 3.80. The lowest BCUT2D eigenvalue weighted by Gasteiger charge is -2.32. The molecule has 0 saturated carbocycles. The molecule has 2 rings (SSSR count). The van der Waals surface area contributed by atoms with E-state index in [-0.39, 0.29) is 11.2 Å². The van der Waals surface area contributed by atoms with Crippen LogP contribution in [0.2, 0.25) is 0 Å². The summed E-state index contributed by atoms with van der Waals surface area (Å²) in [6.45, 7) is 9.66. The average molecular weight is 317 g/mol. The average Bonchev–Trinajstić information content (AvgIpc) is 2.47. The van der Waals surface area contributed by atoms with Crippen LogP contribution in [0.5, 0.6) is 0 Å². The van der Waals surface area contributed by atoms with Crippen molar-refractivity contribution in [2.45, 2.75) is 50.8 Å². The molecule has 0 unspecified atom stereocenters. The van der Waals surface area contributed by atoms with Crippen LogP contribution < -0.4 is 0 Å². The van der Waals surface area contributed by atoms with Crippen LogP contribution in [0.1, 0.15) is 43.5 Å². The van der Waals surface area contributed by atoms with Gasteiger partial charge in [-0.2, -0.15) is 5.26 Å². The number of piperidine rings is 1. The molecule has 118 valence electrons. The summed E-state index contributed by atoms with van der Waals surface area (Å²) in [4.78, 5) is 19.0. The van der Waals surface area contributed by atoms with Crippen molar-refractivity contribution in [3.63, 3.8) is 0 Å². The third-order valence-electron chi connectivity index (χ3n) is 4.15. The molecule has 5 heteroatoms. The Hall–Kier alpha value is -1.54. The molecule has 1 fully saturated rings. The minimum atomic E-state index is -0.214. The second-order valence-electron chi connectivity index (χ2n) is 6.14. The van der Waals surface area contributed by atoms with Crippen molar-refractivity contribution >= 4 is 17.7 Å². The number of pyridine rings is 1. The monoisotopic (exact) mass is 317 g/mol. The van der Waals surface area contributed by atoms with E-state index in [1.807, 2.05) is 31.7 Å². The van der Waals surface area contributed by atoms with Gasteiger partial charge < -0.3 is 4.90 Å². The highest BCUT2D eigenvalue weighted by Crippen LogP contribution is 2.29. The molecule has 0 aliphatic carbocycles. The van der Waals surface area contributed by atoms with E-state index in [1.165, 1.54) is 11.8 Å². The summed E-state index contributed by atoms with van der Waals surface area (Å²) in [7, 11) is 0. The zero-order valence-electron chi connectivity index (χ0n) is 13.7. The van der Waals surface area contributed by atoms with E-state index in [9.17, 15) is 10.1 Å². The Morgan fingerprint density at radius 2 is 2.09 bits per heavy atom. The van der Waals surface area contributed by atoms with Crippen molar-refractivity contribution in [2.75, 3.05) is 13.1 Å². The molecule has 0 N–H and O–H groups in total. The Balaban J connectivity index is 2.10. The van der Waals surface area contributed by atoms with Gasteiger partial charge in [-0.1, -0.05) is 18.7 Å². The van der Waals surface area contributed by atoms with Crippen molar-refractivity contribution in [1.29, 1.82) is 5.26 Å². The van der Waals surface area contributed by atoms with Crippen molar-refractivity contribution in [1.82, 2.24) is 9.88 Å². The molecule has 0 spiro atoms. The van der Waals surface area contributed by atoms with E-state index < -0.39 is 0 Å². The molecular formula is C17H23N3OS. The van der Waals surface area contributed by atoms with Crippen LogP contribution in [0.4, 0.5) is 0 Å². The number of amides is 1. The molecule has 1 amide bonds. The van der Waals surface area contributed by atoms with E-state index >= 15 is 0 Å². The summed E-state index contributed by atoms with van der Waals surface area (Å²) in [6, 6.07) is 4.12. The zero-order valence-corrected chi connectivity index (χ0v) is 14.5. The Bertz CT molecular complexity index is 601. The van der Waals surface area contributed by atoms with Gasteiger partial charge in [0.2, 0.25) is 5.91 Å². The lowest BCUT2D eigenvalue weighted by atomic mass is 9.99. The predicted molar refractivity (Wildman–Crippen MR) is 88.7 cm³/mol. The second-order valence-corrected chi connectivity index (χ2v) is 7.47. The molecule has 1 atom stereocenters. The first-order valence-electron chi connectivity index (χ1n) is 7.76. The molecular weight excluding hydrogens is 294 g/mol. The maximum atomic E-state index is 12.6. The number of aryl methyl sites for hydroxylation is 2. The van der Waals surface area contributed by atoms with Gasteiger partial charge in [0.15, 0.2) is 0 Å². The van der Waals surface area contributed by atoms with Gasteiger partial charge in [0.25, 0.3) is 0 Å². The molecule has 2 heterocycles. The Kier molecular flexibility index (Phi) is 5.47. The Morgan fingerprint density at radius 3 is 2.68 bits per heavy atom. The number of likely N-dealkylation sites (tertiary alicyclic amines) is 1. The van der Waals surface area contributed by atoms with Crippen LogP contribution >= 0.6 is 11.8 Å². The van der Waals surface area contributed by atoms with Crippen LogP contribution in [0.15, 0.2) is 11.1 Å². The smallest absolute Gasteiger partial charge is 0.235 e. The van der Waals surface area contributed by atoms with E-state index in [1.54, 1.807) is 0 Å². The van der Waals surface area contributed by atoms with Crippen LogP contribution in [-0.4, -0.2) is 34.1 Å². The quantitative estimate of drug-likeness (QED) is 0.803. The molecule has 1 saturated heterocycles. The highest BCUT2D eigenvalue weighted by molar-refractivity contribution is 8.00. The number of aromatic nitrogens is 1. The molecule has 0 radical (unpaired) electrons. The number of carbonyl (C=O) groups is 1. The number of carbonyl (C=O) groups excluding carboxylic acids is 1. The fourth-order valence-corrected chi connectivity index (χ4v) is 3.83. The number of thioether (sulfide) groups is 1. The van der Waals surface area contributed by atoms with Gasteiger partial charge >= 0.3 is 0 Å². The summed E-state index contributed by atoms with van der Waals surface area (Å²) in [5.74, 6) is 0.861. The number of nitrogens with zero attached hydrogens (tertiary/aromatic N) is 3. The van der Waals surface area contributed by atoms with Crippen LogP contribution in [-0.2, 0) is 4.79 Å². The highest BCUT2D eigenvalue weighted by atomic mass is 32.2. The molecule has 0 bridgehead atoms. The summed E-state index contributed by atoms with van der Waals surface area (Å²) in [5, 5.41) is 9.78.